The highest BCUT2D eigenvalue weighted by Crippen LogP contribution is 2.39. The van der Waals surface area contributed by atoms with Crippen LogP contribution in [0.2, 0.25) is 0 Å². The number of carbonyl (C=O) groups excluding carboxylic acids is 1. The van der Waals surface area contributed by atoms with Crippen molar-refractivity contribution in [2.45, 2.75) is 83.5 Å². The Morgan fingerprint density at radius 1 is 1.04 bits per heavy atom. The molecule has 2 aliphatic heterocycles. The second kappa shape index (κ2) is 7.80. The highest BCUT2D eigenvalue weighted by molar-refractivity contribution is 5.81. The summed E-state index contributed by atoms with van der Waals surface area (Å²) in [6.07, 6.45) is 4.76. The summed E-state index contributed by atoms with van der Waals surface area (Å²) in [5, 5.41) is 2.11. The zero-order valence-electron chi connectivity index (χ0n) is 17.5. The number of ether oxygens (including phenoxy) is 1. The number of methoxy groups -OCH3 is 1. The standard InChI is InChI=1S/C22H34N2O3/c1-21(2)13-7-14-22(3,4)24(21)27-19-8-6-15-23(20(19)25)16-17-9-11-18(26-5)12-10-17/h9-12,19H,6-8,13-16H2,1-5H3. The normalized spacial score (nSPS) is 25.4. The van der Waals surface area contributed by atoms with E-state index < -0.39 is 0 Å². The number of benzene rings is 1. The van der Waals surface area contributed by atoms with E-state index in [1.54, 1.807) is 7.11 Å². The van der Waals surface area contributed by atoms with E-state index in [1.165, 1.54) is 6.42 Å². The van der Waals surface area contributed by atoms with Gasteiger partial charge in [-0.2, -0.15) is 5.06 Å². The number of hydroxylamine groups is 2. The summed E-state index contributed by atoms with van der Waals surface area (Å²) in [7, 11) is 1.66. The monoisotopic (exact) mass is 374 g/mol. The van der Waals surface area contributed by atoms with Gasteiger partial charge >= 0.3 is 0 Å². The van der Waals surface area contributed by atoms with E-state index in [0.29, 0.717) is 6.54 Å². The zero-order valence-corrected chi connectivity index (χ0v) is 17.5. The third kappa shape index (κ3) is 4.46. The summed E-state index contributed by atoms with van der Waals surface area (Å²) in [6.45, 7) is 10.3. The molecule has 2 saturated heterocycles. The molecule has 5 nitrogen and oxygen atoms in total. The van der Waals surface area contributed by atoms with Gasteiger partial charge in [0.2, 0.25) is 0 Å². The van der Waals surface area contributed by atoms with Crippen LogP contribution in [0.3, 0.4) is 0 Å². The maximum atomic E-state index is 13.1. The summed E-state index contributed by atoms with van der Waals surface area (Å²) < 4.78 is 5.21. The molecule has 0 radical (unpaired) electrons. The van der Waals surface area contributed by atoms with Crippen LogP contribution in [0, 0.1) is 0 Å². The number of hydrogen-bond acceptors (Lipinski definition) is 4. The first-order valence-corrected chi connectivity index (χ1v) is 10.1. The number of rotatable bonds is 5. The Morgan fingerprint density at radius 2 is 1.67 bits per heavy atom. The Balaban J connectivity index is 1.68. The maximum absolute atomic E-state index is 13.1. The second-order valence-corrected chi connectivity index (χ2v) is 9.12. The van der Waals surface area contributed by atoms with E-state index in [4.69, 9.17) is 9.57 Å². The number of carbonyl (C=O) groups is 1. The number of piperidine rings is 2. The molecule has 2 heterocycles. The molecule has 0 N–H and O–H groups in total. The van der Waals surface area contributed by atoms with Gasteiger partial charge in [-0.1, -0.05) is 12.1 Å². The molecule has 0 aliphatic carbocycles. The minimum atomic E-state index is -0.381. The molecule has 2 aliphatic rings. The van der Waals surface area contributed by atoms with Gasteiger partial charge in [0.1, 0.15) is 5.75 Å². The summed E-state index contributed by atoms with van der Waals surface area (Å²) in [5.41, 5.74) is 1.00. The van der Waals surface area contributed by atoms with E-state index in [2.05, 4.69) is 32.8 Å². The van der Waals surface area contributed by atoms with Gasteiger partial charge in [0.25, 0.3) is 5.91 Å². The Morgan fingerprint density at radius 3 is 2.26 bits per heavy atom. The van der Waals surface area contributed by atoms with Crippen LogP contribution in [0.5, 0.6) is 5.75 Å². The quantitative estimate of drug-likeness (QED) is 0.776. The average Bonchev–Trinajstić information content (AvgIpc) is 2.61. The fraction of sp³-hybridized carbons (Fsp3) is 0.682. The highest BCUT2D eigenvalue weighted by atomic mass is 16.7. The van der Waals surface area contributed by atoms with Gasteiger partial charge in [-0.05, 0) is 77.5 Å². The molecule has 0 bridgehead atoms. The van der Waals surface area contributed by atoms with E-state index in [0.717, 1.165) is 43.5 Å². The Bertz CT molecular complexity index is 638. The second-order valence-electron chi connectivity index (χ2n) is 9.12. The van der Waals surface area contributed by atoms with Crippen LogP contribution in [0.15, 0.2) is 24.3 Å². The molecule has 150 valence electrons. The predicted molar refractivity (Wildman–Crippen MR) is 106 cm³/mol. The van der Waals surface area contributed by atoms with Crippen molar-refractivity contribution in [3.05, 3.63) is 29.8 Å². The number of likely N-dealkylation sites (tertiary alicyclic amines) is 1. The summed E-state index contributed by atoms with van der Waals surface area (Å²) in [4.78, 5) is 21.4. The summed E-state index contributed by atoms with van der Waals surface area (Å²) in [6, 6.07) is 7.92. The van der Waals surface area contributed by atoms with E-state index in [1.807, 2.05) is 29.2 Å². The SMILES string of the molecule is COc1ccc(CN2CCCC(ON3C(C)(C)CCCC3(C)C)C2=O)cc1. The largest absolute Gasteiger partial charge is 0.497 e. The van der Waals surface area contributed by atoms with Crippen LogP contribution < -0.4 is 4.74 Å². The van der Waals surface area contributed by atoms with Gasteiger partial charge in [-0.25, -0.2) is 0 Å². The number of amides is 1. The Kier molecular flexibility index (Phi) is 5.82. The van der Waals surface area contributed by atoms with E-state index in [-0.39, 0.29) is 23.1 Å². The molecular weight excluding hydrogens is 340 g/mol. The van der Waals surface area contributed by atoms with Crippen molar-refractivity contribution in [3.8, 4) is 5.75 Å². The lowest BCUT2D eigenvalue weighted by molar-refractivity contribution is -0.303. The molecule has 0 aromatic heterocycles. The van der Waals surface area contributed by atoms with Crippen molar-refractivity contribution in [1.29, 1.82) is 0 Å². The summed E-state index contributed by atoms with van der Waals surface area (Å²) in [5.74, 6) is 0.939. The minimum absolute atomic E-state index is 0.0553. The smallest absolute Gasteiger partial charge is 0.254 e. The molecule has 5 heteroatoms. The molecule has 1 aromatic rings. The third-order valence-corrected chi connectivity index (χ3v) is 5.92. The average molecular weight is 375 g/mol. The number of nitrogens with zero attached hydrogens (tertiary/aromatic N) is 2. The lowest BCUT2D eigenvalue weighted by Crippen LogP contribution is -2.61. The lowest BCUT2D eigenvalue weighted by Gasteiger charge is -2.52. The Labute approximate surface area is 163 Å². The van der Waals surface area contributed by atoms with Gasteiger partial charge < -0.3 is 9.64 Å². The van der Waals surface area contributed by atoms with Gasteiger partial charge in [-0.3, -0.25) is 9.63 Å². The van der Waals surface area contributed by atoms with Crippen molar-refractivity contribution in [2.75, 3.05) is 13.7 Å². The van der Waals surface area contributed by atoms with Crippen molar-refractivity contribution in [2.24, 2.45) is 0 Å². The van der Waals surface area contributed by atoms with Crippen molar-refractivity contribution >= 4 is 5.91 Å². The van der Waals surface area contributed by atoms with Crippen molar-refractivity contribution in [3.63, 3.8) is 0 Å². The molecule has 1 aromatic carbocycles. The van der Waals surface area contributed by atoms with Gasteiger partial charge in [0.05, 0.1) is 7.11 Å². The van der Waals surface area contributed by atoms with Crippen molar-refractivity contribution < 1.29 is 14.4 Å². The molecule has 1 unspecified atom stereocenters. The first-order valence-electron chi connectivity index (χ1n) is 10.1. The van der Waals surface area contributed by atoms with Gasteiger partial charge in [0, 0.05) is 24.2 Å². The first-order chi connectivity index (χ1) is 12.7. The zero-order chi connectivity index (χ0) is 19.7. The molecule has 2 fully saturated rings. The lowest BCUT2D eigenvalue weighted by atomic mass is 9.82. The third-order valence-electron chi connectivity index (χ3n) is 5.92. The van der Waals surface area contributed by atoms with Crippen molar-refractivity contribution in [1.82, 2.24) is 9.96 Å². The molecule has 0 spiro atoms. The fourth-order valence-corrected chi connectivity index (χ4v) is 4.50. The molecule has 27 heavy (non-hydrogen) atoms. The maximum Gasteiger partial charge on any atom is 0.254 e. The van der Waals surface area contributed by atoms with Crippen LogP contribution in [-0.4, -0.2) is 46.7 Å². The van der Waals surface area contributed by atoms with Gasteiger partial charge in [0.15, 0.2) is 6.10 Å². The van der Waals surface area contributed by atoms with Crippen LogP contribution >= 0.6 is 0 Å². The first kappa shape index (κ1) is 20.2. The topological polar surface area (TPSA) is 42.0 Å². The van der Waals surface area contributed by atoms with Crippen LogP contribution in [-0.2, 0) is 16.2 Å². The molecule has 1 atom stereocenters. The van der Waals surface area contributed by atoms with E-state index >= 15 is 0 Å². The summed E-state index contributed by atoms with van der Waals surface area (Å²) >= 11 is 0. The molecule has 1 amide bonds. The predicted octanol–water partition coefficient (Wildman–Crippen LogP) is 4.16. The fourth-order valence-electron chi connectivity index (χ4n) is 4.50. The Hall–Kier alpha value is -1.59. The van der Waals surface area contributed by atoms with Crippen LogP contribution in [0.4, 0.5) is 0 Å². The molecular formula is C22H34N2O3. The van der Waals surface area contributed by atoms with Crippen LogP contribution in [0.1, 0.15) is 65.4 Å². The highest BCUT2D eigenvalue weighted by Gasteiger charge is 2.45. The molecule has 0 saturated carbocycles. The molecule has 3 rings (SSSR count). The minimum Gasteiger partial charge on any atom is -0.497 e. The van der Waals surface area contributed by atoms with Crippen LogP contribution in [0.25, 0.3) is 0 Å². The van der Waals surface area contributed by atoms with Gasteiger partial charge in [-0.15, -0.1) is 0 Å². The van der Waals surface area contributed by atoms with E-state index in [9.17, 15) is 4.79 Å². The number of hydrogen-bond donors (Lipinski definition) is 0.